The van der Waals surface area contributed by atoms with Gasteiger partial charge < -0.3 is 14.3 Å². The molecule has 78 valence electrons. The highest BCUT2D eigenvalue weighted by molar-refractivity contribution is 5.72. The van der Waals surface area contributed by atoms with E-state index in [0.717, 1.165) is 11.5 Å². The lowest BCUT2D eigenvalue weighted by Crippen LogP contribution is -1.88. The Kier molecular flexibility index (Phi) is 6.20. The van der Waals surface area contributed by atoms with Crippen molar-refractivity contribution in [2.45, 2.75) is 13.8 Å². The summed E-state index contributed by atoms with van der Waals surface area (Å²) in [6.07, 6.45) is 0. The summed E-state index contributed by atoms with van der Waals surface area (Å²) < 4.78 is 10.0. The standard InChI is InChI=1S/C8H10O2.C3H6O/c1-9-7-5-3-4-6-8(7)10-2;1-3(2)4/h3-6H,1-2H3;1-2H3. The maximum atomic E-state index is 9.44. The Labute approximate surface area is 84.7 Å². The predicted octanol–water partition coefficient (Wildman–Crippen LogP) is 2.30. The molecule has 0 N–H and O–H groups in total. The first-order valence-corrected chi connectivity index (χ1v) is 4.26. The third-order valence-corrected chi connectivity index (χ3v) is 1.29. The second kappa shape index (κ2) is 6.95. The maximum absolute atomic E-state index is 9.44. The van der Waals surface area contributed by atoms with Gasteiger partial charge in [-0.05, 0) is 26.0 Å². The third-order valence-electron chi connectivity index (χ3n) is 1.29. The van der Waals surface area contributed by atoms with Crippen LogP contribution in [-0.2, 0) is 4.79 Å². The topological polar surface area (TPSA) is 35.5 Å². The van der Waals surface area contributed by atoms with Crippen LogP contribution in [-0.4, -0.2) is 20.0 Å². The highest BCUT2D eigenvalue weighted by Gasteiger charge is 1.97. The predicted molar refractivity (Wildman–Crippen MR) is 55.9 cm³/mol. The van der Waals surface area contributed by atoms with Gasteiger partial charge in [0.05, 0.1) is 14.2 Å². The number of ether oxygens (including phenoxy) is 2. The summed E-state index contributed by atoms with van der Waals surface area (Å²) in [6.45, 7) is 3.06. The van der Waals surface area contributed by atoms with Crippen molar-refractivity contribution < 1.29 is 14.3 Å². The number of hydrogen-bond donors (Lipinski definition) is 0. The van der Waals surface area contributed by atoms with Crippen molar-refractivity contribution in [3.8, 4) is 11.5 Å². The molecule has 0 aliphatic rings. The Hall–Kier alpha value is -1.51. The lowest BCUT2D eigenvalue weighted by molar-refractivity contribution is -0.114. The summed E-state index contributed by atoms with van der Waals surface area (Å²) in [5, 5.41) is 0. The number of hydrogen-bond acceptors (Lipinski definition) is 3. The van der Waals surface area contributed by atoms with Crippen LogP contribution in [0.4, 0.5) is 0 Å². The molecule has 1 aromatic rings. The van der Waals surface area contributed by atoms with E-state index in [1.165, 1.54) is 13.8 Å². The molecule has 0 heterocycles. The minimum Gasteiger partial charge on any atom is -0.493 e. The van der Waals surface area contributed by atoms with Crippen molar-refractivity contribution in [1.29, 1.82) is 0 Å². The highest BCUT2D eigenvalue weighted by atomic mass is 16.5. The molecule has 0 bridgehead atoms. The molecule has 1 rings (SSSR count). The zero-order chi connectivity index (χ0) is 11.0. The normalized spacial score (nSPS) is 8.29. The van der Waals surface area contributed by atoms with Crippen LogP contribution in [0.2, 0.25) is 0 Å². The zero-order valence-corrected chi connectivity index (χ0v) is 9.03. The van der Waals surface area contributed by atoms with Crippen molar-refractivity contribution >= 4 is 5.78 Å². The third kappa shape index (κ3) is 5.19. The van der Waals surface area contributed by atoms with Gasteiger partial charge in [0.15, 0.2) is 11.5 Å². The van der Waals surface area contributed by atoms with E-state index >= 15 is 0 Å². The van der Waals surface area contributed by atoms with Crippen LogP contribution < -0.4 is 9.47 Å². The molecule has 0 unspecified atom stereocenters. The highest BCUT2D eigenvalue weighted by Crippen LogP contribution is 2.24. The van der Waals surface area contributed by atoms with Crippen LogP contribution >= 0.6 is 0 Å². The summed E-state index contributed by atoms with van der Waals surface area (Å²) in [4.78, 5) is 9.44. The molecule has 14 heavy (non-hydrogen) atoms. The van der Waals surface area contributed by atoms with Gasteiger partial charge in [-0.3, -0.25) is 0 Å². The molecular weight excluding hydrogens is 180 g/mol. The lowest BCUT2D eigenvalue weighted by atomic mass is 10.3. The Balaban J connectivity index is 0.000000364. The van der Waals surface area contributed by atoms with Crippen molar-refractivity contribution in [3.63, 3.8) is 0 Å². The van der Waals surface area contributed by atoms with E-state index < -0.39 is 0 Å². The van der Waals surface area contributed by atoms with Gasteiger partial charge >= 0.3 is 0 Å². The number of carbonyl (C=O) groups is 1. The maximum Gasteiger partial charge on any atom is 0.160 e. The van der Waals surface area contributed by atoms with Crippen LogP contribution in [0.3, 0.4) is 0 Å². The van der Waals surface area contributed by atoms with E-state index in [1.807, 2.05) is 24.3 Å². The van der Waals surface area contributed by atoms with Gasteiger partial charge in [0.1, 0.15) is 5.78 Å². The smallest absolute Gasteiger partial charge is 0.160 e. The fraction of sp³-hybridized carbons (Fsp3) is 0.364. The largest absolute Gasteiger partial charge is 0.493 e. The molecule has 0 fully saturated rings. The summed E-state index contributed by atoms with van der Waals surface area (Å²) in [5.41, 5.74) is 0. The molecule has 0 saturated heterocycles. The first kappa shape index (κ1) is 12.5. The van der Waals surface area contributed by atoms with Gasteiger partial charge in [-0.25, -0.2) is 0 Å². The zero-order valence-electron chi connectivity index (χ0n) is 9.03. The molecule has 0 amide bonds. The van der Waals surface area contributed by atoms with Crippen LogP contribution in [0.1, 0.15) is 13.8 Å². The molecule has 0 aliphatic carbocycles. The molecule has 0 aromatic heterocycles. The van der Waals surface area contributed by atoms with Gasteiger partial charge in [-0.1, -0.05) is 12.1 Å². The summed E-state index contributed by atoms with van der Waals surface area (Å²) in [6, 6.07) is 7.53. The number of methoxy groups -OCH3 is 2. The Morgan fingerprint density at radius 1 is 1.00 bits per heavy atom. The average molecular weight is 196 g/mol. The molecule has 0 spiro atoms. The van der Waals surface area contributed by atoms with Crippen molar-refractivity contribution in [2.24, 2.45) is 0 Å². The van der Waals surface area contributed by atoms with Crippen molar-refractivity contribution in [1.82, 2.24) is 0 Å². The minimum absolute atomic E-state index is 0.167. The number of para-hydroxylation sites is 2. The van der Waals surface area contributed by atoms with Gasteiger partial charge in [0, 0.05) is 0 Å². The van der Waals surface area contributed by atoms with E-state index in [-0.39, 0.29) is 5.78 Å². The number of benzene rings is 1. The second-order valence-electron chi connectivity index (χ2n) is 2.76. The van der Waals surface area contributed by atoms with Crippen LogP contribution in [0, 0.1) is 0 Å². The number of ketones is 1. The van der Waals surface area contributed by atoms with Crippen molar-refractivity contribution in [3.05, 3.63) is 24.3 Å². The van der Waals surface area contributed by atoms with Gasteiger partial charge in [-0.15, -0.1) is 0 Å². The van der Waals surface area contributed by atoms with E-state index in [0.29, 0.717) is 0 Å². The molecule has 0 radical (unpaired) electrons. The lowest BCUT2D eigenvalue weighted by Gasteiger charge is -2.04. The monoisotopic (exact) mass is 196 g/mol. The Morgan fingerprint density at radius 2 is 1.29 bits per heavy atom. The number of carbonyl (C=O) groups excluding carboxylic acids is 1. The molecule has 0 atom stereocenters. The average Bonchev–Trinajstić information content (AvgIpc) is 2.17. The molecule has 0 aliphatic heterocycles. The van der Waals surface area contributed by atoms with Gasteiger partial charge in [-0.2, -0.15) is 0 Å². The number of Topliss-reactive ketones (excluding diaryl/α,β-unsaturated/α-hetero) is 1. The van der Waals surface area contributed by atoms with E-state index in [9.17, 15) is 4.79 Å². The van der Waals surface area contributed by atoms with Gasteiger partial charge in [0.2, 0.25) is 0 Å². The van der Waals surface area contributed by atoms with Gasteiger partial charge in [0.25, 0.3) is 0 Å². The fourth-order valence-electron chi connectivity index (χ4n) is 0.787. The quantitative estimate of drug-likeness (QED) is 0.728. The Bertz CT molecular complexity index is 255. The fourth-order valence-corrected chi connectivity index (χ4v) is 0.787. The van der Waals surface area contributed by atoms with Crippen LogP contribution in [0.15, 0.2) is 24.3 Å². The molecular formula is C11H16O3. The van der Waals surface area contributed by atoms with E-state index in [2.05, 4.69) is 0 Å². The Morgan fingerprint density at radius 3 is 1.50 bits per heavy atom. The molecule has 3 heteroatoms. The first-order valence-electron chi connectivity index (χ1n) is 4.26. The van der Waals surface area contributed by atoms with Crippen LogP contribution in [0.25, 0.3) is 0 Å². The minimum atomic E-state index is 0.167. The molecule has 0 saturated carbocycles. The summed E-state index contributed by atoms with van der Waals surface area (Å²) >= 11 is 0. The van der Waals surface area contributed by atoms with E-state index in [1.54, 1.807) is 14.2 Å². The SMILES string of the molecule is CC(C)=O.COc1ccccc1OC. The van der Waals surface area contributed by atoms with Crippen LogP contribution in [0.5, 0.6) is 11.5 Å². The molecule has 1 aromatic carbocycles. The molecule has 3 nitrogen and oxygen atoms in total. The van der Waals surface area contributed by atoms with E-state index in [4.69, 9.17) is 9.47 Å². The summed E-state index contributed by atoms with van der Waals surface area (Å²) in [7, 11) is 3.25. The number of rotatable bonds is 2. The van der Waals surface area contributed by atoms with Crippen molar-refractivity contribution in [2.75, 3.05) is 14.2 Å². The summed E-state index contributed by atoms with van der Waals surface area (Å²) in [5.74, 6) is 1.70. The second-order valence-corrected chi connectivity index (χ2v) is 2.76. The first-order chi connectivity index (χ1) is 6.61.